The molecule has 0 saturated carbocycles. The van der Waals surface area contributed by atoms with Gasteiger partial charge in [-0.1, -0.05) is 0 Å². The zero-order valence-electron chi connectivity index (χ0n) is 7.89. The average Bonchev–Trinajstić information content (AvgIpc) is 2.35. The Bertz CT molecular complexity index is 191. The molecule has 1 saturated heterocycles. The summed E-state index contributed by atoms with van der Waals surface area (Å²) in [6.07, 6.45) is -1.70. The van der Waals surface area contributed by atoms with Gasteiger partial charge >= 0.3 is 0 Å². The van der Waals surface area contributed by atoms with Crippen molar-refractivity contribution in [1.82, 2.24) is 0 Å². The molecule has 0 unspecified atom stereocenters. The number of aldehydes is 1. The standard InChI is InChI=1S/C8H14O5/c1-8(10)5(4-9)13-7(12-3)6(8)11-2/h4-7,10H,1-3H3/t5-,6+,7+,8-/m1/s1. The van der Waals surface area contributed by atoms with E-state index in [1.807, 2.05) is 0 Å². The van der Waals surface area contributed by atoms with Crippen LogP contribution < -0.4 is 0 Å². The van der Waals surface area contributed by atoms with Gasteiger partial charge in [0.05, 0.1) is 0 Å². The maximum atomic E-state index is 10.5. The largest absolute Gasteiger partial charge is 0.384 e. The lowest BCUT2D eigenvalue weighted by molar-refractivity contribution is -0.159. The summed E-state index contributed by atoms with van der Waals surface area (Å²) in [5, 5.41) is 9.85. The fraction of sp³-hybridized carbons (Fsp3) is 0.875. The highest BCUT2D eigenvalue weighted by atomic mass is 16.7. The molecule has 1 aliphatic rings. The molecule has 4 atom stereocenters. The van der Waals surface area contributed by atoms with Crippen molar-refractivity contribution in [2.24, 2.45) is 0 Å². The first-order valence-corrected chi connectivity index (χ1v) is 3.96. The van der Waals surface area contributed by atoms with Crippen LogP contribution in [0.3, 0.4) is 0 Å². The van der Waals surface area contributed by atoms with Gasteiger partial charge in [0, 0.05) is 14.2 Å². The summed E-state index contributed by atoms with van der Waals surface area (Å²) in [4.78, 5) is 10.5. The molecule has 1 aliphatic heterocycles. The Kier molecular flexibility index (Phi) is 3.02. The normalized spacial score (nSPS) is 45.1. The van der Waals surface area contributed by atoms with Crippen molar-refractivity contribution in [3.05, 3.63) is 0 Å². The van der Waals surface area contributed by atoms with E-state index in [2.05, 4.69) is 0 Å². The van der Waals surface area contributed by atoms with Gasteiger partial charge in [-0.05, 0) is 6.92 Å². The van der Waals surface area contributed by atoms with E-state index in [4.69, 9.17) is 14.2 Å². The monoisotopic (exact) mass is 190 g/mol. The number of ether oxygens (including phenoxy) is 3. The Hall–Kier alpha value is -0.490. The van der Waals surface area contributed by atoms with Gasteiger partial charge in [0.25, 0.3) is 0 Å². The molecule has 0 aromatic carbocycles. The summed E-state index contributed by atoms with van der Waals surface area (Å²) < 4.78 is 15.0. The van der Waals surface area contributed by atoms with Gasteiger partial charge in [-0.25, -0.2) is 0 Å². The third-order valence-corrected chi connectivity index (χ3v) is 2.29. The molecule has 1 N–H and O–H groups in total. The first-order valence-electron chi connectivity index (χ1n) is 3.96. The summed E-state index contributed by atoms with van der Waals surface area (Å²) >= 11 is 0. The average molecular weight is 190 g/mol. The fourth-order valence-corrected chi connectivity index (χ4v) is 1.49. The second kappa shape index (κ2) is 3.71. The zero-order valence-corrected chi connectivity index (χ0v) is 7.89. The minimum absolute atomic E-state index is 0.547. The molecule has 0 amide bonds. The second-order valence-corrected chi connectivity index (χ2v) is 3.18. The molecular weight excluding hydrogens is 176 g/mol. The molecule has 5 nitrogen and oxygen atoms in total. The topological polar surface area (TPSA) is 65.0 Å². The summed E-state index contributed by atoms with van der Waals surface area (Å²) in [6, 6.07) is 0. The molecule has 0 aromatic rings. The Labute approximate surface area is 76.6 Å². The molecule has 0 bridgehead atoms. The van der Waals surface area contributed by atoms with E-state index < -0.39 is 24.1 Å². The molecule has 13 heavy (non-hydrogen) atoms. The van der Waals surface area contributed by atoms with Gasteiger partial charge in [0.15, 0.2) is 12.6 Å². The number of rotatable bonds is 3. The highest BCUT2D eigenvalue weighted by Gasteiger charge is 2.53. The number of methoxy groups -OCH3 is 2. The van der Waals surface area contributed by atoms with Crippen LogP contribution in [0.5, 0.6) is 0 Å². The Balaban J connectivity index is 2.84. The Morgan fingerprint density at radius 1 is 1.46 bits per heavy atom. The van der Waals surface area contributed by atoms with E-state index in [-0.39, 0.29) is 0 Å². The van der Waals surface area contributed by atoms with Crippen LogP contribution in [-0.2, 0) is 19.0 Å². The molecule has 1 heterocycles. The summed E-state index contributed by atoms with van der Waals surface area (Å²) in [5.74, 6) is 0. The van der Waals surface area contributed by atoms with Crippen molar-refractivity contribution in [2.75, 3.05) is 14.2 Å². The molecular formula is C8H14O5. The lowest BCUT2D eigenvalue weighted by Crippen LogP contribution is -2.47. The van der Waals surface area contributed by atoms with Gasteiger partial charge in [0.2, 0.25) is 0 Å². The molecule has 0 radical (unpaired) electrons. The van der Waals surface area contributed by atoms with E-state index in [0.717, 1.165) is 0 Å². The van der Waals surface area contributed by atoms with Crippen LogP contribution in [0.2, 0.25) is 0 Å². The number of aliphatic hydroxyl groups is 1. The predicted molar refractivity (Wildman–Crippen MR) is 43.2 cm³/mol. The first-order chi connectivity index (χ1) is 6.07. The smallest absolute Gasteiger partial charge is 0.187 e. The lowest BCUT2D eigenvalue weighted by atomic mass is 9.96. The van der Waals surface area contributed by atoms with Crippen LogP contribution in [0.4, 0.5) is 0 Å². The highest BCUT2D eigenvalue weighted by molar-refractivity contribution is 5.59. The minimum atomic E-state index is -1.34. The Morgan fingerprint density at radius 2 is 2.08 bits per heavy atom. The van der Waals surface area contributed by atoms with E-state index >= 15 is 0 Å². The van der Waals surface area contributed by atoms with Crippen molar-refractivity contribution in [3.63, 3.8) is 0 Å². The lowest BCUT2D eigenvalue weighted by Gasteiger charge is -2.25. The molecule has 76 valence electrons. The number of carbonyl (C=O) groups excluding carboxylic acids is 1. The summed E-state index contributed by atoms with van der Waals surface area (Å²) in [6.45, 7) is 1.49. The number of hydrogen-bond acceptors (Lipinski definition) is 5. The predicted octanol–water partition coefficient (Wildman–Crippen LogP) is -0.677. The van der Waals surface area contributed by atoms with Crippen molar-refractivity contribution in [2.45, 2.75) is 31.0 Å². The second-order valence-electron chi connectivity index (χ2n) is 3.18. The van der Waals surface area contributed by atoms with Crippen LogP contribution in [0.15, 0.2) is 0 Å². The van der Waals surface area contributed by atoms with Crippen LogP contribution in [0, 0.1) is 0 Å². The van der Waals surface area contributed by atoms with E-state index in [1.165, 1.54) is 21.1 Å². The van der Waals surface area contributed by atoms with Gasteiger partial charge in [-0.3, -0.25) is 0 Å². The van der Waals surface area contributed by atoms with Crippen LogP contribution in [-0.4, -0.2) is 49.7 Å². The zero-order chi connectivity index (χ0) is 10.1. The van der Waals surface area contributed by atoms with Gasteiger partial charge in [-0.15, -0.1) is 0 Å². The molecule has 1 rings (SSSR count). The summed E-state index contributed by atoms with van der Waals surface area (Å²) in [5.41, 5.74) is -1.34. The van der Waals surface area contributed by atoms with Crippen molar-refractivity contribution in [1.29, 1.82) is 0 Å². The molecule has 1 fully saturated rings. The maximum Gasteiger partial charge on any atom is 0.187 e. The molecule has 0 aromatic heterocycles. The van der Waals surface area contributed by atoms with Crippen LogP contribution in [0.25, 0.3) is 0 Å². The van der Waals surface area contributed by atoms with Gasteiger partial charge < -0.3 is 24.1 Å². The van der Waals surface area contributed by atoms with E-state index in [1.54, 1.807) is 0 Å². The van der Waals surface area contributed by atoms with Crippen LogP contribution >= 0.6 is 0 Å². The SMILES string of the molecule is CO[C@H]1O[C@H](C=O)[C@@](C)(O)[C@H]1OC. The summed E-state index contributed by atoms with van der Waals surface area (Å²) in [7, 11) is 2.86. The molecule has 5 heteroatoms. The first kappa shape index (κ1) is 10.6. The third-order valence-electron chi connectivity index (χ3n) is 2.29. The number of carbonyl (C=O) groups is 1. The quantitative estimate of drug-likeness (QED) is 0.597. The highest BCUT2D eigenvalue weighted by Crippen LogP contribution is 2.31. The maximum absolute atomic E-state index is 10.5. The van der Waals surface area contributed by atoms with Gasteiger partial charge in [-0.2, -0.15) is 0 Å². The molecule has 0 spiro atoms. The fourth-order valence-electron chi connectivity index (χ4n) is 1.49. The van der Waals surface area contributed by atoms with Gasteiger partial charge in [0.1, 0.15) is 17.8 Å². The third kappa shape index (κ3) is 1.60. The number of hydrogen-bond donors (Lipinski definition) is 1. The molecule has 0 aliphatic carbocycles. The Morgan fingerprint density at radius 3 is 2.38 bits per heavy atom. The van der Waals surface area contributed by atoms with Crippen molar-refractivity contribution >= 4 is 6.29 Å². The van der Waals surface area contributed by atoms with Crippen molar-refractivity contribution < 1.29 is 24.1 Å². The van der Waals surface area contributed by atoms with E-state index in [0.29, 0.717) is 6.29 Å². The van der Waals surface area contributed by atoms with Crippen LogP contribution in [0.1, 0.15) is 6.92 Å². The minimum Gasteiger partial charge on any atom is -0.384 e. The van der Waals surface area contributed by atoms with E-state index in [9.17, 15) is 9.90 Å². The van der Waals surface area contributed by atoms with Crippen molar-refractivity contribution in [3.8, 4) is 0 Å².